The minimum atomic E-state index is 0.208. The van der Waals surface area contributed by atoms with E-state index in [9.17, 15) is 0 Å². The predicted molar refractivity (Wildman–Crippen MR) is 50.2 cm³/mol. The third-order valence-electron chi connectivity index (χ3n) is 2.11. The summed E-state index contributed by atoms with van der Waals surface area (Å²) in [5, 5.41) is 0. The van der Waals surface area contributed by atoms with Crippen LogP contribution in [0.1, 0.15) is 19.4 Å². The van der Waals surface area contributed by atoms with Crippen LogP contribution in [0.15, 0.2) is 30.3 Å². The summed E-state index contributed by atoms with van der Waals surface area (Å²) < 4.78 is 5.63. The van der Waals surface area contributed by atoms with Crippen molar-refractivity contribution in [3.63, 3.8) is 0 Å². The molecule has 0 bridgehead atoms. The number of hydrogen-bond donors (Lipinski definition) is 0. The van der Waals surface area contributed by atoms with E-state index in [1.54, 1.807) is 0 Å². The van der Waals surface area contributed by atoms with E-state index in [4.69, 9.17) is 4.74 Å². The lowest BCUT2D eigenvalue weighted by molar-refractivity contribution is 0.265. The van der Waals surface area contributed by atoms with E-state index in [-0.39, 0.29) is 6.10 Å². The van der Waals surface area contributed by atoms with E-state index in [1.807, 2.05) is 18.2 Å². The molecule has 62 valence electrons. The first-order valence-corrected chi connectivity index (χ1v) is 4.22. The number of fused-ring (bicyclic) bond motifs is 1. The van der Waals surface area contributed by atoms with Crippen molar-refractivity contribution in [1.29, 1.82) is 0 Å². The molecule has 0 N–H and O–H groups in total. The van der Waals surface area contributed by atoms with Crippen LogP contribution in [-0.4, -0.2) is 6.10 Å². The molecule has 0 radical (unpaired) electrons. The number of para-hydroxylation sites is 1. The van der Waals surface area contributed by atoms with Crippen molar-refractivity contribution in [2.75, 3.05) is 0 Å². The number of benzene rings is 1. The Bertz CT molecular complexity index is 326. The van der Waals surface area contributed by atoms with E-state index in [2.05, 4.69) is 26.0 Å². The summed E-state index contributed by atoms with van der Waals surface area (Å²) in [5.41, 5.74) is 2.53. The Morgan fingerprint density at radius 3 is 2.83 bits per heavy atom. The number of hydrogen-bond acceptors (Lipinski definition) is 1. The largest absolute Gasteiger partial charge is 0.486 e. The third kappa shape index (κ3) is 1.11. The van der Waals surface area contributed by atoms with Gasteiger partial charge in [-0.05, 0) is 31.6 Å². The van der Waals surface area contributed by atoms with Crippen molar-refractivity contribution in [3.8, 4) is 5.75 Å². The molecule has 0 unspecified atom stereocenters. The van der Waals surface area contributed by atoms with Crippen molar-refractivity contribution in [3.05, 3.63) is 35.9 Å². The molecular formula is C11H12O. The van der Waals surface area contributed by atoms with Gasteiger partial charge in [-0.15, -0.1) is 0 Å². The van der Waals surface area contributed by atoms with E-state index in [0.717, 1.165) is 5.75 Å². The lowest BCUT2D eigenvalue weighted by atomic mass is 10.0. The fourth-order valence-electron chi connectivity index (χ4n) is 1.57. The molecule has 1 nitrogen and oxygen atoms in total. The Kier molecular flexibility index (Phi) is 1.65. The smallest absolute Gasteiger partial charge is 0.127 e. The summed E-state index contributed by atoms with van der Waals surface area (Å²) in [6.45, 7) is 4.18. The lowest BCUT2D eigenvalue weighted by Crippen LogP contribution is -2.13. The van der Waals surface area contributed by atoms with Crippen LogP contribution in [0.4, 0.5) is 0 Å². The second-order valence-electron chi connectivity index (χ2n) is 3.17. The van der Waals surface area contributed by atoms with E-state index in [1.165, 1.54) is 11.1 Å². The summed E-state index contributed by atoms with van der Waals surface area (Å²) in [7, 11) is 0. The van der Waals surface area contributed by atoms with Crippen LogP contribution in [0.5, 0.6) is 5.75 Å². The van der Waals surface area contributed by atoms with Gasteiger partial charge in [0, 0.05) is 5.56 Å². The molecule has 1 heteroatoms. The van der Waals surface area contributed by atoms with Crippen LogP contribution in [0.2, 0.25) is 0 Å². The van der Waals surface area contributed by atoms with Crippen molar-refractivity contribution in [2.24, 2.45) is 0 Å². The monoisotopic (exact) mass is 160 g/mol. The third-order valence-corrected chi connectivity index (χ3v) is 2.11. The Hall–Kier alpha value is -1.24. The van der Waals surface area contributed by atoms with Crippen LogP contribution < -0.4 is 4.74 Å². The van der Waals surface area contributed by atoms with Crippen molar-refractivity contribution in [1.82, 2.24) is 0 Å². The molecule has 0 aromatic heterocycles. The van der Waals surface area contributed by atoms with Crippen LogP contribution >= 0.6 is 0 Å². The molecule has 2 rings (SSSR count). The first-order valence-electron chi connectivity index (χ1n) is 4.22. The minimum absolute atomic E-state index is 0.208. The standard InChI is InChI=1S/C11H12O/c1-8-7-9(2)12-11-6-4-3-5-10(8)11/h3-7,9H,1-2H3/t9-/m1/s1. The zero-order chi connectivity index (χ0) is 8.55. The maximum Gasteiger partial charge on any atom is 0.127 e. The maximum absolute atomic E-state index is 5.63. The molecule has 0 fully saturated rings. The Balaban J connectivity index is 2.53. The molecule has 1 aliphatic heterocycles. The molecule has 0 saturated heterocycles. The molecule has 1 aliphatic rings. The molecule has 0 spiro atoms. The van der Waals surface area contributed by atoms with Gasteiger partial charge < -0.3 is 4.74 Å². The van der Waals surface area contributed by atoms with Crippen LogP contribution in [-0.2, 0) is 0 Å². The van der Waals surface area contributed by atoms with E-state index < -0.39 is 0 Å². The predicted octanol–water partition coefficient (Wildman–Crippen LogP) is 2.87. The van der Waals surface area contributed by atoms with Crippen LogP contribution in [0, 0.1) is 0 Å². The summed E-state index contributed by atoms with van der Waals surface area (Å²) >= 11 is 0. The van der Waals surface area contributed by atoms with Gasteiger partial charge in [0.15, 0.2) is 0 Å². The maximum atomic E-state index is 5.63. The van der Waals surface area contributed by atoms with Gasteiger partial charge in [-0.2, -0.15) is 0 Å². The molecule has 1 aromatic carbocycles. The fourth-order valence-corrected chi connectivity index (χ4v) is 1.57. The Morgan fingerprint density at radius 1 is 1.25 bits per heavy atom. The Labute approximate surface area is 72.7 Å². The van der Waals surface area contributed by atoms with Crippen molar-refractivity contribution >= 4 is 5.57 Å². The van der Waals surface area contributed by atoms with Crippen molar-refractivity contribution in [2.45, 2.75) is 20.0 Å². The Morgan fingerprint density at radius 2 is 2.00 bits per heavy atom. The molecule has 0 amide bonds. The minimum Gasteiger partial charge on any atom is -0.486 e. The molecular weight excluding hydrogens is 148 g/mol. The number of ether oxygens (including phenoxy) is 1. The molecule has 1 atom stereocenters. The SMILES string of the molecule is CC1=C[C@@H](C)Oc2ccccc21. The molecule has 0 aliphatic carbocycles. The first-order chi connectivity index (χ1) is 5.77. The first kappa shape index (κ1) is 7.41. The van der Waals surface area contributed by atoms with Gasteiger partial charge in [0.1, 0.15) is 11.9 Å². The highest BCUT2D eigenvalue weighted by molar-refractivity contribution is 5.70. The normalized spacial score (nSPS) is 20.8. The van der Waals surface area contributed by atoms with E-state index in [0.29, 0.717) is 0 Å². The summed E-state index contributed by atoms with van der Waals surface area (Å²) in [6, 6.07) is 8.15. The molecule has 1 heterocycles. The molecule has 1 aromatic rings. The lowest BCUT2D eigenvalue weighted by Gasteiger charge is -2.21. The topological polar surface area (TPSA) is 9.23 Å². The van der Waals surface area contributed by atoms with Crippen LogP contribution in [0.3, 0.4) is 0 Å². The van der Waals surface area contributed by atoms with Gasteiger partial charge in [0.05, 0.1) is 0 Å². The van der Waals surface area contributed by atoms with Gasteiger partial charge in [0.25, 0.3) is 0 Å². The molecule has 12 heavy (non-hydrogen) atoms. The summed E-state index contributed by atoms with van der Waals surface area (Å²) in [6.07, 6.45) is 2.35. The van der Waals surface area contributed by atoms with Gasteiger partial charge >= 0.3 is 0 Å². The van der Waals surface area contributed by atoms with Crippen LogP contribution in [0.25, 0.3) is 5.57 Å². The number of allylic oxidation sites excluding steroid dienone is 1. The fraction of sp³-hybridized carbons (Fsp3) is 0.273. The zero-order valence-corrected chi connectivity index (χ0v) is 7.37. The molecule has 0 saturated carbocycles. The summed E-state index contributed by atoms with van der Waals surface area (Å²) in [4.78, 5) is 0. The average Bonchev–Trinajstić information content (AvgIpc) is 2.04. The summed E-state index contributed by atoms with van der Waals surface area (Å²) in [5.74, 6) is 1.00. The second kappa shape index (κ2) is 2.67. The number of rotatable bonds is 0. The average molecular weight is 160 g/mol. The van der Waals surface area contributed by atoms with Crippen molar-refractivity contribution < 1.29 is 4.74 Å². The van der Waals surface area contributed by atoms with Gasteiger partial charge in [-0.1, -0.05) is 18.2 Å². The van der Waals surface area contributed by atoms with Gasteiger partial charge in [0.2, 0.25) is 0 Å². The highest BCUT2D eigenvalue weighted by atomic mass is 16.5. The second-order valence-corrected chi connectivity index (χ2v) is 3.17. The highest BCUT2D eigenvalue weighted by Crippen LogP contribution is 2.30. The van der Waals surface area contributed by atoms with Gasteiger partial charge in [-0.3, -0.25) is 0 Å². The van der Waals surface area contributed by atoms with E-state index >= 15 is 0 Å². The highest BCUT2D eigenvalue weighted by Gasteiger charge is 2.13. The quantitative estimate of drug-likeness (QED) is 0.567. The zero-order valence-electron chi connectivity index (χ0n) is 7.37. The van der Waals surface area contributed by atoms with Gasteiger partial charge in [-0.25, -0.2) is 0 Å².